The van der Waals surface area contributed by atoms with E-state index in [1.54, 1.807) is 0 Å². The lowest BCUT2D eigenvalue weighted by molar-refractivity contribution is -0.120. The van der Waals surface area contributed by atoms with Crippen LogP contribution in [0.5, 0.6) is 0 Å². The van der Waals surface area contributed by atoms with E-state index >= 15 is 0 Å². The second-order valence-corrected chi connectivity index (χ2v) is 4.08. The first-order valence-corrected chi connectivity index (χ1v) is 5.09. The second-order valence-electron chi connectivity index (χ2n) is 2.86. The van der Waals surface area contributed by atoms with Crippen LogP contribution >= 0.6 is 11.8 Å². The Morgan fingerprint density at radius 3 is 3.08 bits per heavy atom. The molecule has 0 radical (unpaired) electrons. The number of hydrogen-bond acceptors (Lipinski definition) is 4. The van der Waals surface area contributed by atoms with E-state index < -0.39 is 0 Å². The molecule has 0 aliphatic carbocycles. The maximum absolute atomic E-state index is 11.4. The Balaban J connectivity index is 2.50. The van der Waals surface area contributed by atoms with Crippen LogP contribution in [0.25, 0.3) is 0 Å². The Hall–Kier alpha value is -0.910. The van der Waals surface area contributed by atoms with Crippen LogP contribution in [0.1, 0.15) is 19.3 Å². The first-order chi connectivity index (χ1) is 6.24. The molecule has 1 amide bonds. The molecule has 0 bridgehead atoms. The number of hydrogen-bond donors (Lipinski definition) is 3. The summed E-state index contributed by atoms with van der Waals surface area (Å²) in [6, 6.07) is 0. The molecule has 1 aliphatic heterocycles. The van der Waals surface area contributed by atoms with E-state index in [-0.39, 0.29) is 16.3 Å². The predicted molar refractivity (Wildman–Crippen MR) is 54.0 cm³/mol. The van der Waals surface area contributed by atoms with Crippen molar-refractivity contribution < 1.29 is 4.79 Å². The van der Waals surface area contributed by atoms with Gasteiger partial charge in [0.05, 0.1) is 5.25 Å². The van der Waals surface area contributed by atoms with Gasteiger partial charge in [0.25, 0.3) is 0 Å². The van der Waals surface area contributed by atoms with Crippen LogP contribution in [-0.4, -0.2) is 22.9 Å². The van der Waals surface area contributed by atoms with Gasteiger partial charge in [0, 0.05) is 6.54 Å². The third-order valence-electron chi connectivity index (χ3n) is 1.87. The van der Waals surface area contributed by atoms with Gasteiger partial charge in [-0.2, -0.15) is 5.10 Å². The fourth-order valence-electron chi connectivity index (χ4n) is 1.20. The number of nitrogens with one attached hydrogen (secondary N) is 1. The summed E-state index contributed by atoms with van der Waals surface area (Å²) in [4.78, 5) is 11.4. The standard InChI is InChI=1S/C7H14N4OS/c8-7(11-9)13-5-3-1-2-4-10-6(5)12/h5H,1-4,9H2,(H2,8,11)(H,10,12). The quantitative estimate of drug-likeness (QED) is 0.233. The zero-order valence-electron chi connectivity index (χ0n) is 7.32. The minimum Gasteiger partial charge on any atom is -0.377 e. The molecule has 1 heterocycles. The molecule has 1 rings (SSSR count). The minimum atomic E-state index is -0.130. The molecule has 5 N–H and O–H groups in total. The van der Waals surface area contributed by atoms with Gasteiger partial charge < -0.3 is 16.9 Å². The van der Waals surface area contributed by atoms with Crippen LogP contribution in [0.3, 0.4) is 0 Å². The van der Waals surface area contributed by atoms with Gasteiger partial charge >= 0.3 is 0 Å². The monoisotopic (exact) mass is 202 g/mol. The molecular weight excluding hydrogens is 188 g/mol. The van der Waals surface area contributed by atoms with Crippen LogP contribution < -0.4 is 16.9 Å². The van der Waals surface area contributed by atoms with Gasteiger partial charge in [0.1, 0.15) is 0 Å². The number of thioether (sulfide) groups is 1. The van der Waals surface area contributed by atoms with Gasteiger partial charge in [-0.1, -0.05) is 18.2 Å². The third-order valence-corrected chi connectivity index (χ3v) is 2.96. The number of nitrogens with zero attached hydrogens (tertiary/aromatic N) is 1. The summed E-state index contributed by atoms with van der Waals surface area (Å²) in [6.45, 7) is 0.759. The largest absolute Gasteiger partial charge is 0.377 e. The van der Waals surface area contributed by atoms with E-state index in [1.807, 2.05) is 0 Å². The van der Waals surface area contributed by atoms with Crippen molar-refractivity contribution in [1.82, 2.24) is 5.32 Å². The molecule has 0 saturated carbocycles. The number of hydrazone groups is 1. The molecule has 1 atom stereocenters. The lowest BCUT2D eigenvalue weighted by Crippen LogP contribution is -2.32. The molecule has 6 heteroatoms. The van der Waals surface area contributed by atoms with E-state index in [0.717, 1.165) is 25.8 Å². The number of amidine groups is 1. The fourth-order valence-corrected chi connectivity index (χ4v) is 2.03. The van der Waals surface area contributed by atoms with Crippen molar-refractivity contribution in [1.29, 1.82) is 0 Å². The number of amides is 1. The van der Waals surface area contributed by atoms with Crippen molar-refractivity contribution in [3.8, 4) is 0 Å². The number of carbonyl (C=O) groups is 1. The SMILES string of the molecule is NN=C(N)SC1CCCCNC1=O. The van der Waals surface area contributed by atoms with Crippen molar-refractivity contribution in [3.63, 3.8) is 0 Å². The molecule has 0 aromatic carbocycles. The first-order valence-electron chi connectivity index (χ1n) is 4.21. The topological polar surface area (TPSA) is 93.5 Å². The average molecular weight is 202 g/mol. The zero-order chi connectivity index (χ0) is 9.68. The Bertz CT molecular complexity index is 219. The summed E-state index contributed by atoms with van der Waals surface area (Å²) in [7, 11) is 0. The van der Waals surface area contributed by atoms with Crippen molar-refractivity contribution in [3.05, 3.63) is 0 Å². The van der Waals surface area contributed by atoms with E-state index in [2.05, 4.69) is 10.4 Å². The highest BCUT2D eigenvalue weighted by Crippen LogP contribution is 2.19. The average Bonchev–Trinajstić information content (AvgIpc) is 2.32. The molecule has 1 fully saturated rings. The fraction of sp³-hybridized carbons (Fsp3) is 0.714. The smallest absolute Gasteiger partial charge is 0.233 e. The van der Waals surface area contributed by atoms with Gasteiger partial charge in [-0.15, -0.1) is 0 Å². The van der Waals surface area contributed by atoms with E-state index in [9.17, 15) is 4.79 Å². The van der Waals surface area contributed by atoms with Gasteiger partial charge in [-0.25, -0.2) is 0 Å². The Morgan fingerprint density at radius 2 is 2.38 bits per heavy atom. The third kappa shape index (κ3) is 3.14. The summed E-state index contributed by atoms with van der Waals surface area (Å²) in [5.74, 6) is 5.02. The molecule has 0 aromatic heterocycles. The Kier molecular flexibility index (Phi) is 3.88. The predicted octanol–water partition coefficient (Wildman–Crippen LogP) is -0.423. The normalized spacial score (nSPS) is 25.1. The molecule has 74 valence electrons. The summed E-state index contributed by atoms with van der Waals surface area (Å²) in [5, 5.41) is 6.27. The highest BCUT2D eigenvalue weighted by molar-refractivity contribution is 8.14. The van der Waals surface area contributed by atoms with Crippen LogP contribution in [0.15, 0.2) is 5.10 Å². The van der Waals surface area contributed by atoms with Crippen LogP contribution in [0.4, 0.5) is 0 Å². The van der Waals surface area contributed by atoms with Crippen LogP contribution in [0, 0.1) is 0 Å². The molecule has 0 aromatic rings. The van der Waals surface area contributed by atoms with E-state index in [0.29, 0.717) is 0 Å². The summed E-state index contributed by atoms with van der Waals surface area (Å²) >= 11 is 1.23. The molecule has 1 aliphatic rings. The van der Waals surface area contributed by atoms with Crippen molar-refractivity contribution in [2.24, 2.45) is 16.7 Å². The Morgan fingerprint density at radius 1 is 1.62 bits per heavy atom. The van der Waals surface area contributed by atoms with Gasteiger partial charge in [-0.3, -0.25) is 4.79 Å². The van der Waals surface area contributed by atoms with Gasteiger partial charge in [0.15, 0.2) is 5.17 Å². The lowest BCUT2D eigenvalue weighted by Gasteiger charge is -2.10. The number of carbonyl (C=O) groups excluding carboxylic acids is 1. The molecular formula is C7H14N4OS. The molecule has 13 heavy (non-hydrogen) atoms. The van der Waals surface area contributed by atoms with Gasteiger partial charge in [0.2, 0.25) is 5.91 Å². The highest BCUT2D eigenvalue weighted by atomic mass is 32.2. The first kappa shape index (κ1) is 10.2. The summed E-state index contributed by atoms with van der Waals surface area (Å²) in [5.41, 5.74) is 5.43. The maximum Gasteiger partial charge on any atom is 0.233 e. The minimum absolute atomic E-state index is 0.0362. The molecule has 1 saturated heterocycles. The number of rotatable bonds is 1. The Labute approximate surface area is 81.3 Å². The van der Waals surface area contributed by atoms with Crippen molar-refractivity contribution in [2.45, 2.75) is 24.5 Å². The van der Waals surface area contributed by atoms with Crippen LogP contribution in [-0.2, 0) is 4.79 Å². The molecule has 0 spiro atoms. The molecule has 5 nitrogen and oxygen atoms in total. The number of nitrogens with two attached hydrogens (primary N) is 2. The van der Waals surface area contributed by atoms with Crippen molar-refractivity contribution >= 4 is 22.8 Å². The molecule has 1 unspecified atom stereocenters. The van der Waals surface area contributed by atoms with Gasteiger partial charge in [-0.05, 0) is 12.8 Å². The van der Waals surface area contributed by atoms with E-state index in [1.165, 1.54) is 11.8 Å². The summed E-state index contributed by atoms with van der Waals surface area (Å²) < 4.78 is 0. The maximum atomic E-state index is 11.4. The van der Waals surface area contributed by atoms with E-state index in [4.69, 9.17) is 11.6 Å². The second kappa shape index (κ2) is 4.96. The lowest BCUT2D eigenvalue weighted by atomic mass is 10.2. The van der Waals surface area contributed by atoms with Crippen LogP contribution in [0.2, 0.25) is 0 Å². The zero-order valence-corrected chi connectivity index (χ0v) is 8.14. The highest BCUT2D eigenvalue weighted by Gasteiger charge is 2.22. The summed E-state index contributed by atoms with van der Waals surface area (Å²) in [6.07, 6.45) is 2.91. The van der Waals surface area contributed by atoms with Crippen molar-refractivity contribution in [2.75, 3.05) is 6.54 Å².